The first kappa shape index (κ1) is 7.55. The van der Waals surface area contributed by atoms with Gasteiger partial charge in [-0.2, -0.15) is 0 Å². The van der Waals surface area contributed by atoms with Crippen molar-refractivity contribution in [3.63, 3.8) is 0 Å². The average molecular weight is 164 g/mol. The van der Waals surface area contributed by atoms with Crippen molar-refractivity contribution < 1.29 is 0 Å². The Balaban J connectivity index is 2.50. The Hall–Kier alpha value is -1.09. The Labute approximate surface area is 71.0 Å². The molecule has 1 aromatic heterocycles. The minimum atomic E-state index is 0.0686. The molecule has 0 aromatic carbocycles. The molecule has 2 heterocycles. The van der Waals surface area contributed by atoms with E-state index < -0.39 is 0 Å². The van der Waals surface area contributed by atoms with Crippen LogP contribution in [0.2, 0.25) is 0 Å². The number of pyridine rings is 1. The van der Waals surface area contributed by atoms with Crippen LogP contribution in [0.15, 0.2) is 17.1 Å². The molecule has 1 N–H and O–H groups in total. The number of aromatic nitrogens is 1. The van der Waals surface area contributed by atoms with Crippen LogP contribution >= 0.6 is 0 Å². The molecular formula is C9H12N2O. The first-order valence-corrected chi connectivity index (χ1v) is 4.15. The Kier molecular flexibility index (Phi) is 1.73. The minimum Gasteiger partial charge on any atom is -0.329 e. The Morgan fingerprint density at radius 3 is 3.25 bits per heavy atom. The zero-order valence-electron chi connectivity index (χ0n) is 7.13. The second kappa shape index (κ2) is 2.75. The Morgan fingerprint density at radius 1 is 1.58 bits per heavy atom. The molecule has 64 valence electrons. The summed E-state index contributed by atoms with van der Waals surface area (Å²) in [6, 6.07) is 2.00. The second-order valence-electron chi connectivity index (χ2n) is 3.30. The zero-order chi connectivity index (χ0) is 8.55. The fourth-order valence-corrected chi connectivity index (χ4v) is 1.62. The van der Waals surface area contributed by atoms with Gasteiger partial charge in [0.2, 0.25) is 0 Å². The lowest BCUT2D eigenvalue weighted by molar-refractivity contribution is 0.311. The predicted molar refractivity (Wildman–Crippen MR) is 47.1 cm³/mol. The van der Waals surface area contributed by atoms with Gasteiger partial charge in [0.05, 0.1) is 0 Å². The van der Waals surface area contributed by atoms with Crippen LogP contribution in [0, 0.1) is 0 Å². The summed E-state index contributed by atoms with van der Waals surface area (Å²) >= 11 is 0. The number of hydrogen-bond donors (Lipinski definition) is 1. The molecule has 0 radical (unpaired) electrons. The highest BCUT2D eigenvalue weighted by Gasteiger charge is 2.14. The number of hydrogen-bond acceptors (Lipinski definition) is 2. The van der Waals surface area contributed by atoms with E-state index in [1.165, 1.54) is 5.56 Å². The molecule has 0 amide bonds. The molecule has 3 heteroatoms. The first-order chi connectivity index (χ1) is 5.77. The van der Waals surface area contributed by atoms with Crippen molar-refractivity contribution >= 4 is 0 Å². The van der Waals surface area contributed by atoms with Crippen LogP contribution in [0.3, 0.4) is 0 Å². The molecule has 2 rings (SSSR count). The van der Waals surface area contributed by atoms with Crippen molar-refractivity contribution in [2.45, 2.75) is 13.0 Å². The normalized spacial score (nSPS) is 17.4. The lowest BCUT2D eigenvalue weighted by Crippen LogP contribution is -2.31. The van der Waals surface area contributed by atoms with Gasteiger partial charge < -0.3 is 9.88 Å². The second-order valence-corrected chi connectivity index (χ2v) is 3.30. The van der Waals surface area contributed by atoms with Crippen LogP contribution < -0.4 is 5.56 Å². The average Bonchev–Trinajstić information content (AvgIpc) is 2.07. The molecule has 0 spiro atoms. The summed E-state index contributed by atoms with van der Waals surface area (Å²) in [5.41, 5.74) is 2.21. The van der Waals surface area contributed by atoms with Gasteiger partial charge in [-0.3, -0.25) is 4.79 Å². The van der Waals surface area contributed by atoms with Gasteiger partial charge in [-0.15, -0.1) is 0 Å². The predicted octanol–water partition coefficient (Wildman–Crippen LogP) is 0.363. The number of rotatable bonds is 0. The third-order valence-electron chi connectivity index (χ3n) is 2.35. The molecule has 0 saturated heterocycles. The van der Waals surface area contributed by atoms with Gasteiger partial charge in [-0.25, -0.2) is 0 Å². The van der Waals surface area contributed by atoms with E-state index in [1.807, 2.05) is 13.1 Å². The van der Waals surface area contributed by atoms with Crippen molar-refractivity contribution in [3.8, 4) is 0 Å². The fraction of sp³-hybridized carbons (Fsp3) is 0.444. The highest BCUT2D eigenvalue weighted by molar-refractivity contribution is 5.25. The molecule has 0 saturated carbocycles. The van der Waals surface area contributed by atoms with E-state index in [-0.39, 0.29) is 5.56 Å². The van der Waals surface area contributed by atoms with Crippen molar-refractivity contribution in [1.82, 2.24) is 9.88 Å². The Morgan fingerprint density at radius 2 is 2.42 bits per heavy atom. The van der Waals surface area contributed by atoms with Gasteiger partial charge in [0.15, 0.2) is 0 Å². The molecular weight excluding hydrogens is 152 g/mol. The van der Waals surface area contributed by atoms with E-state index in [0.717, 1.165) is 25.1 Å². The van der Waals surface area contributed by atoms with Crippen LogP contribution in [-0.2, 0) is 13.0 Å². The topological polar surface area (TPSA) is 36.1 Å². The molecule has 0 bridgehead atoms. The minimum absolute atomic E-state index is 0.0686. The van der Waals surface area contributed by atoms with E-state index in [9.17, 15) is 4.79 Å². The van der Waals surface area contributed by atoms with Crippen LogP contribution in [0.4, 0.5) is 0 Å². The molecule has 3 nitrogen and oxygen atoms in total. The largest absolute Gasteiger partial charge is 0.329 e. The molecule has 1 aliphatic rings. The van der Waals surface area contributed by atoms with Gasteiger partial charge in [0.1, 0.15) is 0 Å². The summed E-state index contributed by atoms with van der Waals surface area (Å²) in [4.78, 5) is 16.2. The van der Waals surface area contributed by atoms with E-state index >= 15 is 0 Å². The lowest BCUT2D eigenvalue weighted by atomic mass is 10.0. The maximum atomic E-state index is 11.3. The summed E-state index contributed by atoms with van der Waals surface area (Å²) in [6.07, 6.45) is 2.72. The number of likely N-dealkylation sites (N-methyl/N-ethyl adjacent to an activating group) is 1. The number of fused-ring (bicyclic) bond motifs is 1. The number of aromatic amines is 1. The van der Waals surface area contributed by atoms with E-state index in [4.69, 9.17) is 0 Å². The van der Waals surface area contributed by atoms with Crippen molar-refractivity contribution in [3.05, 3.63) is 33.7 Å². The van der Waals surface area contributed by atoms with E-state index in [0.29, 0.717) is 0 Å². The van der Waals surface area contributed by atoms with E-state index in [1.54, 1.807) is 6.20 Å². The van der Waals surface area contributed by atoms with Crippen molar-refractivity contribution in [2.24, 2.45) is 0 Å². The SMILES string of the molecule is CN1CCc2cc[nH]c(=O)c2C1. The van der Waals surface area contributed by atoms with Crippen LogP contribution in [-0.4, -0.2) is 23.5 Å². The monoisotopic (exact) mass is 164 g/mol. The highest BCUT2D eigenvalue weighted by Crippen LogP contribution is 2.12. The van der Waals surface area contributed by atoms with E-state index in [2.05, 4.69) is 9.88 Å². The van der Waals surface area contributed by atoms with Gasteiger partial charge >= 0.3 is 0 Å². The molecule has 1 aliphatic heterocycles. The molecule has 0 aliphatic carbocycles. The van der Waals surface area contributed by atoms with Crippen LogP contribution in [0.5, 0.6) is 0 Å². The quantitative estimate of drug-likeness (QED) is 0.601. The summed E-state index contributed by atoms with van der Waals surface area (Å²) in [5.74, 6) is 0. The maximum Gasteiger partial charge on any atom is 0.252 e. The fourth-order valence-electron chi connectivity index (χ4n) is 1.62. The zero-order valence-corrected chi connectivity index (χ0v) is 7.13. The number of H-pyrrole nitrogens is 1. The van der Waals surface area contributed by atoms with Crippen molar-refractivity contribution in [2.75, 3.05) is 13.6 Å². The van der Waals surface area contributed by atoms with Gasteiger partial charge in [0, 0.05) is 24.8 Å². The third kappa shape index (κ3) is 1.16. The molecule has 0 unspecified atom stereocenters. The van der Waals surface area contributed by atoms with Gasteiger partial charge in [-0.1, -0.05) is 0 Å². The summed E-state index contributed by atoms with van der Waals surface area (Å²) in [5, 5.41) is 0. The molecule has 0 fully saturated rings. The molecule has 1 aromatic rings. The summed E-state index contributed by atoms with van der Waals surface area (Å²) < 4.78 is 0. The smallest absolute Gasteiger partial charge is 0.252 e. The van der Waals surface area contributed by atoms with Gasteiger partial charge in [-0.05, 0) is 25.1 Å². The third-order valence-corrected chi connectivity index (χ3v) is 2.35. The number of nitrogens with zero attached hydrogens (tertiary/aromatic N) is 1. The highest BCUT2D eigenvalue weighted by atomic mass is 16.1. The number of nitrogens with one attached hydrogen (secondary N) is 1. The van der Waals surface area contributed by atoms with Crippen LogP contribution in [0.25, 0.3) is 0 Å². The molecule has 0 atom stereocenters. The Bertz CT molecular complexity index is 343. The van der Waals surface area contributed by atoms with Gasteiger partial charge in [0.25, 0.3) is 5.56 Å². The summed E-state index contributed by atoms with van der Waals surface area (Å²) in [6.45, 7) is 1.84. The van der Waals surface area contributed by atoms with Crippen LogP contribution in [0.1, 0.15) is 11.1 Å². The maximum absolute atomic E-state index is 11.3. The van der Waals surface area contributed by atoms with Crippen molar-refractivity contribution in [1.29, 1.82) is 0 Å². The molecule has 12 heavy (non-hydrogen) atoms. The standard InChI is InChI=1S/C9H12N2O/c1-11-5-3-7-2-4-10-9(12)8(7)6-11/h2,4H,3,5-6H2,1H3,(H,10,12). The lowest BCUT2D eigenvalue weighted by Gasteiger charge is -2.23. The summed E-state index contributed by atoms with van der Waals surface area (Å²) in [7, 11) is 2.04. The first-order valence-electron chi connectivity index (χ1n) is 4.15.